The standard InChI is InChI=1S/C22H22O/c1-15-8-13-20-18(6-5-7-19(20)21(15)14-23)16-9-11-17(12-10-16)22(2,3)4/h5-14H,1-4H3. The number of carbonyl (C=O) groups excluding carboxylic acids is 1. The summed E-state index contributed by atoms with van der Waals surface area (Å²) in [5.74, 6) is 0. The molecule has 0 radical (unpaired) electrons. The zero-order chi connectivity index (χ0) is 16.6. The minimum absolute atomic E-state index is 0.152. The molecular formula is C22H22O. The lowest BCUT2D eigenvalue weighted by molar-refractivity contribution is 0.112. The number of aryl methyl sites for hydroxylation is 1. The highest BCUT2D eigenvalue weighted by atomic mass is 16.1. The quantitative estimate of drug-likeness (QED) is 0.536. The maximum atomic E-state index is 11.4. The largest absolute Gasteiger partial charge is 0.298 e. The second kappa shape index (κ2) is 5.66. The summed E-state index contributed by atoms with van der Waals surface area (Å²) in [5, 5.41) is 2.15. The van der Waals surface area contributed by atoms with Gasteiger partial charge in [0.05, 0.1) is 0 Å². The molecule has 1 heteroatoms. The number of benzene rings is 3. The van der Waals surface area contributed by atoms with Gasteiger partial charge in [-0.25, -0.2) is 0 Å². The summed E-state index contributed by atoms with van der Waals surface area (Å²) in [6.45, 7) is 8.64. The topological polar surface area (TPSA) is 17.1 Å². The van der Waals surface area contributed by atoms with Crippen molar-refractivity contribution in [2.45, 2.75) is 33.1 Å². The van der Waals surface area contributed by atoms with Crippen LogP contribution in [0, 0.1) is 6.92 Å². The summed E-state index contributed by atoms with van der Waals surface area (Å²) in [4.78, 5) is 11.4. The highest BCUT2D eigenvalue weighted by Gasteiger charge is 2.14. The molecule has 0 saturated carbocycles. The maximum absolute atomic E-state index is 11.4. The van der Waals surface area contributed by atoms with Crippen molar-refractivity contribution in [1.29, 1.82) is 0 Å². The van der Waals surface area contributed by atoms with Gasteiger partial charge in [-0.2, -0.15) is 0 Å². The van der Waals surface area contributed by atoms with Crippen LogP contribution in [0.2, 0.25) is 0 Å². The van der Waals surface area contributed by atoms with Gasteiger partial charge in [0.1, 0.15) is 0 Å². The van der Waals surface area contributed by atoms with E-state index >= 15 is 0 Å². The van der Waals surface area contributed by atoms with Gasteiger partial charge in [0, 0.05) is 5.56 Å². The second-order valence-electron chi connectivity index (χ2n) is 7.14. The SMILES string of the molecule is Cc1ccc2c(-c3ccc(C(C)(C)C)cc3)cccc2c1C=O. The van der Waals surface area contributed by atoms with Gasteiger partial charge in [-0.3, -0.25) is 4.79 Å². The summed E-state index contributed by atoms with van der Waals surface area (Å²) in [7, 11) is 0. The minimum atomic E-state index is 0.152. The summed E-state index contributed by atoms with van der Waals surface area (Å²) >= 11 is 0. The van der Waals surface area contributed by atoms with Crippen LogP contribution in [-0.4, -0.2) is 6.29 Å². The zero-order valence-electron chi connectivity index (χ0n) is 14.2. The summed E-state index contributed by atoms with van der Waals surface area (Å²) < 4.78 is 0. The fourth-order valence-corrected chi connectivity index (χ4v) is 3.05. The molecule has 0 amide bonds. The molecule has 3 rings (SSSR count). The normalized spacial score (nSPS) is 11.7. The van der Waals surface area contributed by atoms with Crippen LogP contribution in [0.3, 0.4) is 0 Å². The van der Waals surface area contributed by atoms with Gasteiger partial charge in [-0.05, 0) is 45.4 Å². The molecule has 3 aromatic carbocycles. The van der Waals surface area contributed by atoms with E-state index in [9.17, 15) is 4.79 Å². The van der Waals surface area contributed by atoms with Gasteiger partial charge in [-0.1, -0.05) is 75.4 Å². The fraction of sp³-hybridized carbons (Fsp3) is 0.227. The van der Waals surface area contributed by atoms with Gasteiger partial charge < -0.3 is 0 Å². The molecular weight excluding hydrogens is 280 g/mol. The van der Waals surface area contributed by atoms with E-state index in [0.717, 1.165) is 28.2 Å². The molecule has 0 aromatic heterocycles. The van der Waals surface area contributed by atoms with E-state index in [1.165, 1.54) is 16.7 Å². The Morgan fingerprint density at radius 1 is 0.826 bits per heavy atom. The Kier molecular flexibility index (Phi) is 3.81. The van der Waals surface area contributed by atoms with Crippen LogP contribution < -0.4 is 0 Å². The van der Waals surface area contributed by atoms with Gasteiger partial charge in [0.2, 0.25) is 0 Å². The van der Waals surface area contributed by atoms with Gasteiger partial charge >= 0.3 is 0 Å². The van der Waals surface area contributed by atoms with E-state index in [4.69, 9.17) is 0 Å². The first-order valence-corrected chi connectivity index (χ1v) is 8.00. The summed E-state index contributed by atoms with van der Waals surface area (Å²) in [5.41, 5.74) is 5.64. The van der Waals surface area contributed by atoms with Crippen molar-refractivity contribution in [3.05, 3.63) is 71.3 Å². The molecule has 0 aliphatic carbocycles. The molecule has 0 heterocycles. The average molecular weight is 302 g/mol. The molecule has 0 unspecified atom stereocenters. The molecule has 1 nitrogen and oxygen atoms in total. The fourth-order valence-electron chi connectivity index (χ4n) is 3.05. The van der Waals surface area contributed by atoms with Crippen molar-refractivity contribution in [2.75, 3.05) is 0 Å². The first-order chi connectivity index (χ1) is 10.9. The van der Waals surface area contributed by atoms with Crippen molar-refractivity contribution in [2.24, 2.45) is 0 Å². The van der Waals surface area contributed by atoms with Crippen molar-refractivity contribution < 1.29 is 4.79 Å². The minimum Gasteiger partial charge on any atom is -0.298 e. The third kappa shape index (κ3) is 2.79. The van der Waals surface area contributed by atoms with Crippen molar-refractivity contribution in [3.8, 4) is 11.1 Å². The lowest BCUT2D eigenvalue weighted by Gasteiger charge is -2.19. The lowest BCUT2D eigenvalue weighted by atomic mass is 9.85. The number of hydrogen-bond acceptors (Lipinski definition) is 1. The van der Waals surface area contributed by atoms with E-state index < -0.39 is 0 Å². The Balaban J connectivity index is 2.19. The Hall–Kier alpha value is -2.41. The van der Waals surface area contributed by atoms with Crippen LogP contribution in [0.4, 0.5) is 0 Å². The molecule has 0 spiro atoms. The Morgan fingerprint density at radius 3 is 2.13 bits per heavy atom. The number of hydrogen-bond donors (Lipinski definition) is 0. The molecule has 0 N–H and O–H groups in total. The highest BCUT2D eigenvalue weighted by molar-refractivity contribution is 6.05. The molecule has 0 bridgehead atoms. The van der Waals surface area contributed by atoms with Crippen LogP contribution in [0.15, 0.2) is 54.6 Å². The Bertz CT molecular complexity index is 865. The third-order valence-electron chi connectivity index (χ3n) is 4.50. The summed E-state index contributed by atoms with van der Waals surface area (Å²) in [6, 6.07) is 19.1. The average Bonchev–Trinajstić information content (AvgIpc) is 2.53. The first-order valence-electron chi connectivity index (χ1n) is 8.00. The van der Waals surface area contributed by atoms with E-state index in [1.807, 2.05) is 25.1 Å². The van der Waals surface area contributed by atoms with Crippen LogP contribution in [-0.2, 0) is 5.41 Å². The molecule has 0 aliphatic rings. The maximum Gasteiger partial charge on any atom is 0.150 e. The zero-order valence-corrected chi connectivity index (χ0v) is 14.2. The first kappa shape index (κ1) is 15.5. The number of fused-ring (bicyclic) bond motifs is 1. The second-order valence-corrected chi connectivity index (χ2v) is 7.14. The van der Waals surface area contributed by atoms with Gasteiger partial charge in [-0.15, -0.1) is 0 Å². The number of aldehydes is 1. The molecule has 0 atom stereocenters. The predicted octanol–water partition coefficient (Wildman–Crippen LogP) is 5.93. The molecule has 0 fully saturated rings. The van der Waals surface area contributed by atoms with E-state index in [1.54, 1.807) is 0 Å². The van der Waals surface area contributed by atoms with E-state index in [2.05, 4.69) is 57.2 Å². The Morgan fingerprint density at radius 2 is 1.52 bits per heavy atom. The molecule has 116 valence electrons. The van der Waals surface area contributed by atoms with Crippen molar-refractivity contribution in [1.82, 2.24) is 0 Å². The van der Waals surface area contributed by atoms with E-state index in [0.29, 0.717) is 0 Å². The number of carbonyl (C=O) groups is 1. The number of rotatable bonds is 2. The van der Waals surface area contributed by atoms with Crippen LogP contribution >= 0.6 is 0 Å². The third-order valence-corrected chi connectivity index (χ3v) is 4.50. The van der Waals surface area contributed by atoms with Gasteiger partial charge in [0.25, 0.3) is 0 Å². The van der Waals surface area contributed by atoms with Crippen molar-refractivity contribution in [3.63, 3.8) is 0 Å². The van der Waals surface area contributed by atoms with Crippen molar-refractivity contribution >= 4 is 17.1 Å². The molecule has 0 aliphatic heterocycles. The Labute approximate surface area is 138 Å². The van der Waals surface area contributed by atoms with E-state index in [-0.39, 0.29) is 5.41 Å². The monoisotopic (exact) mass is 302 g/mol. The molecule has 0 saturated heterocycles. The summed E-state index contributed by atoms with van der Waals surface area (Å²) in [6.07, 6.45) is 0.962. The van der Waals surface area contributed by atoms with Crippen LogP contribution in [0.1, 0.15) is 42.3 Å². The lowest BCUT2D eigenvalue weighted by Crippen LogP contribution is -2.10. The molecule has 23 heavy (non-hydrogen) atoms. The molecule has 3 aromatic rings. The van der Waals surface area contributed by atoms with Crippen LogP contribution in [0.25, 0.3) is 21.9 Å². The van der Waals surface area contributed by atoms with Crippen LogP contribution in [0.5, 0.6) is 0 Å². The smallest absolute Gasteiger partial charge is 0.150 e. The highest BCUT2D eigenvalue weighted by Crippen LogP contribution is 2.32. The predicted molar refractivity (Wildman–Crippen MR) is 98.2 cm³/mol. The van der Waals surface area contributed by atoms with Gasteiger partial charge in [0.15, 0.2) is 6.29 Å².